The standard InChI is InChI=1S/C15H21NO2/c1-10-7-11(2)9-12(8-10)16-14-6-4-3-5-13(14)15(17)18/h3-6,10-12,16H,7-9H2,1-2H3,(H,17,18). The number of anilines is 1. The molecule has 1 aromatic rings. The van der Waals surface area contributed by atoms with E-state index < -0.39 is 5.97 Å². The molecule has 18 heavy (non-hydrogen) atoms. The quantitative estimate of drug-likeness (QED) is 0.857. The minimum absolute atomic E-state index is 0.364. The lowest BCUT2D eigenvalue weighted by molar-refractivity contribution is 0.0698. The summed E-state index contributed by atoms with van der Waals surface area (Å²) in [7, 11) is 0. The van der Waals surface area contributed by atoms with E-state index in [0.29, 0.717) is 23.4 Å². The van der Waals surface area contributed by atoms with Gasteiger partial charge < -0.3 is 10.4 Å². The van der Waals surface area contributed by atoms with Gasteiger partial charge in [0.2, 0.25) is 0 Å². The van der Waals surface area contributed by atoms with E-state index in [9.17, 15) is 4.79 Å². The van der Waals surface area contributed by atoms with Crippen molar-refractivity contribution in [3.05, 3.63) is 29.8 Å². The van der Waals surface area contributed by atoms with E-state index in [2.05, 4.69) is 19.2 Å². The highest BCUT2D eigenvalue weighted by Gasteiger charge is 2.24. The van der Waals surface area contributed by atoms with E-state index in [1.54, 1.807) is 12.1 Å². The number of para-hydroxylation sites is 1. The maximum atomic E-state index is 11.2. The summed E-state index contributed by atoms with van der Waals surface area (Å²) < 4.78 is 0. The summed E-state index contributed by atoms with van der Waals surface area (Å²) in [5.41, 5.74) is 1.11. The van der Waals surface area contributed by atoms with Crippen LogP contribution in [0.2, 0.25) is 0 Å². The number of nitrogens with one attached hydrogen (secondary N) is 1. The molecule has 1 aromatic carbocycles. The third kappa shape index (κ3) is 3.03. The normalized spacial score (nSPS) is 27.8. The fraction of sp³-hybridized carbons (Fsp3) is 0.533. The molecule has 2 rings (SSSR count). The minimum atomic E-state index is -0.866. The van der Waals surface area contributed by atoms with Crippen LogP contribution in [0.5, 0.6) is 0 Å². The molecule has 1 fully saturated rings. The second kappa shape index (κ2) is 5.42. The van der Waals surface area contributed by atoms with Crippen molar-refractivity contribution in [1.82, 2.24) is 0 Å². The van der Waals surface area contributed by atoms with Gasteiger partial charge in [0, 0.05) is 11.7 Å². The Bertz CT molecular complexity index is 420. The highest BCUT2D eigenvalue weighted by molar-refractivity contribution is 5.94. The Labute approximate surface area is 108 Å². The number of hydrogen-bond donors (Lipinski definition) is 2. The summed E-state index contributed by atoms with van der Waals surface area (Å²) >= 11 is 0. The predicted octanol–water partition coefficient (Wildman–Crippen LogP) is 3.62. The molecule has 1 aliphatic rings. The molecule has 1 aliphatic carbocycles. The zero-order chi connectivity index (χ0) is 13.1. The number of aromatic carboxylic acids is 1. The molecule has 0 aromatic heterocycles. The number of rotatable bonds is 3. The van der Waals surface area contributed by atoms with E-state index >= 15 is 0 Å². The molecule has 2 unspecified atom stereocenters. The average Bonchev–Trinajstić information content (AvgIpc) is 2.27. The predicted molar refractivity (Wildman–Crippen MR) is 73.0 cm³/mol. The summed E-state index contributed by atoms with van der Waals surface area (Å²) in [6.45, 7) is 4.54. The first-order valence-corrected chi connectivity index (χ1v) is 6.65. The Hall–Kier alpha value is -1.51. The molecule has 0 spiro atoms. The summed E-state index contributed by atoms with van der Waals surface area (Å²) in [5, 5.41) is 12.6. The molecule has 0 amide bonds. The van der Waals surface area contributed by atoms with Crippen LogP contribution in [0.25, 0.3) is 0 Å². The molecule has 0 bridgehead atoms. The maximum absolute atomic E-state index is 11.2. The summed E-state index contributed by atoms with van der Waals surface area (Å²) in [6.07, 6.45) is 3.52. The van der Waals surface area contributed by atoms with Gasteiger partial charge in [0.25, 0.3) is 0 Å². The third-order valence-electron chi connectivity index (χ3n) is 3.70. The third-order valence-corrected chi connectivity index (χ3v) is 3.70. The van der Waals surface area contributed by atoms with E-state index in [1.165, 1.54) is 6.42 Å². The first-order valence-electron chi connectivity index (χ1n) is 6.65. The molecule has 0 radical (unpaired) electrons. The van der Waals surface area contributed by atoms with Crippen molar-refractivity contribution in [2.45, 2.75) is 39.2 Å². The van der Waals surface area contributed by atoms with Gasteiger partial charge in [-0.25, -0.2) is 4.79 Å². The van der Waals surface area contributed by atoms with Gasteiger partial charge in [0.05, 0.1) is 5.56 Å². The van der Waals surface area contributed by atoms with Crippen LogP contribution in [-0.2, 0) is 0 Å². The van der Waals surface area contributed by atoms with Crippen LogP contribution in [0.3, 0.4) is 0 Å². The van der Waals surface area contributed by atoms with Crippen LogP contribution in [0.1, 0.15) is 43.5 Å². The van der Waals surface area contributed by atoms with Crippen molar-refractivity contribution < 1.29 is 9.90 Å². The van der Waals surface area contributed by atoms with Crippen molar-refractivity contribution in [1.29, 1.82) is 0 Å². The molecular formula is C15H21NO2. The lowest BCUT2D eigenvalue weighted by atomic mass is 9.80. The number of carbonyl (C=O) groups is 1. The first kappa shape index (κ1) is 12.9. The first-order chi connectivity index (χ1) is 8.56. The van der Waals surface area contributed by atoms with Gasteiger partial charge in [-0.05, 0) is 43.2 Å². The molecule has 2 atom stereocenters. The highest BCUT2D eigenvalue weighted by atomic mass is 16.4. The number of benzene rings is 1. The molecule has 1 saturated carbocycles. The van der Waals surface area contributed by atoms with Crippen LogP contribution in [-0.4, -0.2) is 17.1 Å². The summed E-state index contributed by atoms with van der Waals surface area (Å²) in [5.74, 6) is 0.557. The van der Waals surface area contributed by atoms with Gasteiger partial charge in [-0.15, -0.1) is 0 Å². The van der Waals surface area contributed by atoms with Crippen molar-refractivity contribution >= 4 is 11.7 Å². The van der Waals surface area contributed by atoms with Gasteiger partial charge in [-0.2, -0.15) is 0 Å². The minimum Gasteiger partial charge on any atom is -0.478 e. The van der Waals surface area contributed by atoms with E-state index in [1.807, 2.05) is 12.1 Å². The molecular weight excluding hydrogens is 226 g/mol. The van der Waals surface area contributed by atoms with Crippen LogP contribution in [0.15, 0.2) is 24.3 Å². The average molecular weight is 247 g/mol. The molecule has 0 aliphatic heterocycles. The van der Waals surface area contributed by atoms with Crippen molar-refractivity contribution in [2.24, 2.45) is 11.8 Å². The number of carboxylic acids is 1. The summed E-state index contributed by atoms with van der Waals surface area (Å²) in [4.78, 5) is 11.2. The van der Waals surface area contributed by atoms with Crippen LogP contribution < -0.4 is 5.32 Å². The lowest BCUT2D eigenvalue weighted by Gasteiger charge is -2.32. The number of carboxylic acid groups (broad SMARTS) is 1. The van der Waals surface area contributed by atoms with Crippen LogP contribution in [0.4, 0.5) is 5.69 Å². The Kier molecular flexibility index (Phi) is 3.90. The van der Waals surface area contributed by atoms with Crippen LogP contribution in [0, 0.1) is 11.8 Å². The smallest absolute Gasteiger partial charge is 0.337 e. The van der Waals surface area contributed by atoms with E-state index in [4.69, 9.17) is 5.11 Å². The molecule has 0 heterocycles. The fourth-order valence-corrected chi connectivity index (χ4v) is 3.08. The second-order valence-electron chi connectivity index (χ2n) is 5.61. The van der Waals surface area contributed by atoms with Gasteiger partial charge in [0.1, 0.15) is 0 Å². The zero-order valence-corrected chi connectivity index (χ0v) is 11.0. The zero-order valence-electron chi connectivity index (χ0n) is 11.0. The van der Waals surface area contributed by atoms with Crippen molar-refractivity contribution in [3.63, 3.8) is 0 Å². The van der Waals surface area contributed by atoms with E-state index in [-0.39, 0.29) is 0 Å². The lowest BCUT2D eigenvalue weighted by Crippen LogP contribution is -2.30. The Balaban J connectivity index is 2.11. The van der Waals surface area contributed by atoms with Crippen molar-refractivity contribution in [3.8, 4) is 0 Å². The second-order valence-corrected chi connectivity index (χ2v) is 5.61. The molecule has 2 N–H and O–H groups in total. The van der Waals surface area contributed by atoms with Crippen molar-refractivity contribution in [2.75, 3.05) is 5.32 Å². The monoisotopic (exact) mass is 247 g/mol. The largest absolute Gasteiger partial charge is 0.478 e. The topological polar surface area (TPSA) is 49.3 Å². The molecule has 98 valence electrons. The van der Waals surface area contributed by atoms with Gasteiger partial charge in [-0.1, -0.05) is 26.0 Å². The number of hydrogen-bond acceptors (Lipinski definition) is 2. The fourth-order valence-electron chi connectivity index (χ4n) is 3.08. The molecule has 0 saturated heterocycles. The van der Waals surface area contributed by atoms with Gasteiger partial charge >= 0.3 is 5.97 Å². The van der Waals surface area contributed by atoms with E-state index in [0.717, 1.165) is 18.5 Å². The van der Waals surface area contributed by atoms with Gasteiger partial charge in [0.15, 0.2) is 0 Å². The molecule has 3 heteroatoms. The van der Waals surface area contributed by atoms with Crippen LogP contribution >= 0.6 is 0 Å². The Morgan fingerprint density at radius 3 is 2.39 bits per heavy atom. The maximum Gasteiger partial charge on any atom is 0.337 e. The highest BCUT2D eigenvalue weighted by Crippen LogP contribution is 2.31. The Morgan fingerprint density at radius 1 is 1.17 bits per heavy atom. The molecule has 3 nitrogen and oxygen atoms in total. The SMILES string of the molecule is CC1CC(C)CC(Nc2ccccc2C(=O)O)C1. The summed E-state index contributed by atoms with van der Waals surface area (Å²) in [6, 6.07) is 7.54. The Morgan fingerprint density at radius 2 is 1.78 bits per heavy atom. The van der Waals surface area contributed by atoms with Gasteiger partial charge in [-0.3, -0.25) is 0 Å².